The molecule has 0 unspecified atom stereocenters. The minimum atomic E-state index is -1.01. The van der Waals surface area contributed by atoms with Crippen LogP contribution in [0.3, 0.4) is 0 Å². The molecular weight excluding hydrogens is 375 g/mol. The van der Waals surface area contributed by atoms with Crippen molar-refractivity contribution in [3.63, 3.8) is 0 Å². The zero-order valence-electron chi connectivity index (χ0n) is 13.7. The molecule has 0 aliphatic rings. The molecule has 5 nitrogen and oxygen atoms in total. The maximum Gasteiger partial charge on any atom is 0.305 e. The third-order valence-electron chi connectivity index (χ3n) is 3.67. The summed E-state index contributed by atoms with van der Waals surface area (Å²) in [5.41, 5.74) is 1.95. The van der Waals surface area contributed by atoms with Crippen LogP contribution in [-0.4, -0.2) is 23.0 Å². The molecule has 0 saturated carbocycles. The molecule has 0 aliphatic heterocycles. The first-order valence-corrected chi connectivity index (χ1v) is 8.57. The molecule has 0 heterocycles. The molecular formula is C19H16Cl2N2O3. The van der Waals surface area contributed by atoms with Gasteiger partial charge in [0.15, 0.2) is 0 Å². The fourth-order valence-corrected chi connectivity index (χ4v) is 2.87. The van der Waals surface area contributed by atoms with Gasteiger partial charge in [-0.05, 0) is 41.8 Å². The molecule has 0 saturated heterocycles. The van der Waals surface area contributed by atoms with Gasteiger partial charge in [-0.15, -0.1) is 0 Å². The molecule has 0 bridgehead atoms. The van der Waals surface area contributed by atoms with Gasteiger partial charge in [0.05, 0.1) is 34.5 Å². The fourth-order valence-electron chi connectivity index (χ4n) is 2.55. The predicted molar refractivity (Wildman–Crippen MR) is 99.2 cm³/mol. The molecule has 2 N–H and O–H groups in total. The summed E-state index contributed by atoms with van der Waals surface area (Å²) in [5, 5.41) is 21.5. The molecule has 2 rings (SSSR count). The van der Waals surface area contributed by atoms with Gasteiger partial charge in [0, 0.05) is 6.04 Å². The quantitative estimate of drug-likeness (QED) is 0.755. The molecule has 1 atom stereocenters. The maximum absolute atomic E-state index is 12.3. The second kappa shape index (κ2) is 9.23. The highest BCUT2D eigenvalue weighted by Gasteiger charge is 2.17. The molecule has 2 aromatic carbocycles. The van der Waals surface area contributed by atoms with Crippen LogP contribution >= 0.6 is 23.2 Å². The molecule has 0 fully saturated rings. The van der Waals surface area contributed by atoms with Crippen LogP contribution in [0.1, 0.15) is 23.1 Å². The fraction of sp³-hybridized carbons (Fsp3) is 0.211. The van der Waals surface area contributed by atoms with Gasteiger partial charge in [0.2, 0.25) is 5.91 Å². The molecule has 26 heavy (non-hydrogen) atoms. The van der Waals surface area contributed by atoms with Crippen LogP contribution in [-0.2, 0) is 22.4 Å². The van der Waals surface area contributed by atoms with Crippen LogP contribution in [0.5, 0.6) is 0 Å². The number of hydrogen-bond donors (Lipinski definition) is 2. The zero-order chi connectivity index (χ0) is 19.1. The topological polar surface area (TPSA) is 90.2 Å². The summed E-state index contributed by atoms with van der Waals surface area (Å²) < 4.78 is 0. The highest BCUT2D eigenvalue weighted by molar-refractivity contribution is 6.42. The van der Waals surface area contributed by atoms with Gasteiger partial charge in [-0.3, -0.25) is 9.59 Å². The van der Waals surface area contributed by atoms with Crippen molar-refractivity contribution in [1.82, 2.24) is 5.32 Å². The van der Waals surface area contributed by atoms with Crippen LogP contribution in [0, 0.1) is 11.3 Å². The number of halogens is 2. The van der Waals surface area contributed by atoms with E-state index in [0.29, 0.717) is 27.6 Å². The maximum atomic E-state index is 12.3. The van der Waals surface area contributed by atoms with E-state index in [2.05, 4.69) is 5.32 Å². The van der Waals surface area contributed by atoms with E-state index in [1.165, 1.54) is 0 Å². The van der Waals surface area contributed by atoms with Gasteiger partial charge >= 0.3 is 5.97 Å². The largest absolute Gasteiger partial charge is 0.481 e. The van der Waals surface area contributed by atoms with E-state index in [4.69, 9.17) is 33.6 Å². The summed E-state index contributed by atoms with van der Waals surface area (Å²) in [6.45, 7) is 0. The summed E-state index contributed by atoms with van der Waals surface area (Å²) in [7, 11) is 0. The SMILES string of the molecule is N#Cc1cccc(C[C@@H](CC(=O)O)NC(=O)Cc2ccc(Cl)c(Cl)c2)c1. The Bertz CT molecular complexity index is 862. The lowest BCUT2D eigenvalue weighted by atomic mass is 10.0. The van der Waals surface area contributed by atoms with Crippen LogP contribution in [0.25, 0.3) is 0 Å². The number of carbonyl (C=O) groups is 2. The zero-order valence-corrected chi connectivity index (χ0v) is 15.2. The van der Waals surface area contributed by atoms with Crippen LogP contribution in [0.4, 0.5) is 0 Å². The predicted octanol–water partition coefficient (Wildman–Crippen LogP) is 3.61. The van der Waals surface area contributed by atoms with Crippen molar-refractivity contribution in [2.45, 2.75) is 25.3 Å². The minimum absolute atomic E-state index is 0.0608. The monoisotopic (exact) mass is 390 g/mol. The van der Waals surface area contributed by atoms with Crippen molar-refractivity contribution in [1.29, 1.82) is 5.26 Å². The van der Waals surface area contributed by atoms with Crippen molar-refractivity contribution >= 4 is 35.1 Å². The third-order valence-corrected chi connectivity index (χ3v) is 4.41. The van der Waals surface area contributed by atoms with Crippen molar-refractivity contribution in [2.75, 3.05) is 0 Å². The minimum Gasteiger partial charge on any atom is -0.481 e. The molecule has 0 spiro atoms. The Kier molecular flexibility index (Phi) is 7.02. The smallest absolute Gasteiger partial charge is 0.305 e. The Morgan fingerprint density at radius 3 is 2.54 bits per heavy atom. The number of nitrogens with one attached hydrogen (secondary N) is 1. The summed E-state index contributed by atoms with van der Waals surface area (Å²) in [6.07, 6.45) is 0.157. The van der Waals surface area contributed by atoms with Gasteiger partial charge in [0.1, 0.15) is 0 Å². The molecule has 0 aliphatic carbocycles. The lowest BCUT2D eigenvalue weighted by molar-refractivity contribution is -0.137. The number of rotatable bonds is 7. The van der Waals surface area contributed by atoms with Crippen LogP contribution < -0.4 is 5.32 Å². The van der Waals surface area contributed by atoms with Crippen LogP contribution in [0.15, 0.2) is 42.5 Å². The highest BCUT2D eigenvalue weighted by atomic mass is 35.5. The van der Waals surface area contributed by atoms with E-state index >= 15 is 0 Å². The Hall–Kier alpha value is -2.55. The van der Waals surface area contributed by atoms with E-state index in [0.717, 1.165) is 5.56 Å². The Morgan fingerprint density at radius 1 is 1.12 bits per heavy atom. The van der Waals surface area contributed by atoms with Gasteiger partial charge in [-0.25, -0.2) is 0 Å². The number of amides is 1. The first-order valence-electron chi connectivity index (χ1n) is 7.81. The Balaban J connectivity index is 2.06. The summed E-state index contributed by atoms with van der Waals surface area (Å²) in [6, 6.07) is 13.2. The van der Waals surface area contributed by atoms with Crippen molar-refractivity contribution in [3.05, 3.63) is 69.2 Å². The van der Waals surface area contributed by atoms with Crippen molar-refractivity contribution in [3.8, 4) is 6.07 Å². The number of carboxylic acids is 1. The van der Waals surface area contributed by atoms with Gasteiger partial charge in [-0.1, -0.05) is 41.4 Å². The van der Waals surface area contributed by atoms with Crippen molar-refractivity contribution < 1.29 is 14.7 Å². The molecule has 0 aromatic heterocycles. The first-order chi connectivity index (χ1) is 12.4. The summed E-state index contributed by atoms with van der Waals surface area (Å²) in [4.78, 5) is 23.4. The lowest BCUT2D eigenvalue weighted by Crippen LogP contribution is -2.39. The van der Waals surface area contributed by atoms with Gasteiger partial charge in [0.25, 0.3) is 0 Å². The molecule has 0 radical (unpaired) electrons. The van der Waals surface area contributed by atoms with Gasteiger partial charge in [-0.2, -0.15) is 5.26 Å². The molecule has 7 heteroatoms. The van der Waals surface area contributed by atoms with Gasteiger partial charge < -0.3 is 10.4 Å². The lowest BCUT2D eigenvalue weighted by Gasteiger charge is -2.17. The number of benzene rings is 2. The number of carboxylic acid groups (broad SMARTS) is 1. The number of carbonyl (C=O) groups excluding carboxylic acids is 1. The standard InChI is InChI=1S/C19H16Cl2N2O3/c20-16-5-4-13(8-17(16)21)9-18(24)23-15(10-19(25)26)7-12-2-1-3-14(6-12)11-22/h1-6,8,15H,7,9-10H2,(H,23,24)(H,25,26)/t15-/m0/s1. The molecule has 2 aromatic rings. The third kappa shape index (κ3) is 6.07. The van der Waals surface area contributed by atoms with E-state index in [1.807, 2.05) is 6.07 Å². The van der Waals surface area contributed by atoms with E-state index in [9.17, 15) is 9.59 Å². The second-order valence-electron chi connectivity index (χ2n) is 5.80. The van der Waals surface area contributed by atoms with Crippen LogP contribution in [0.2, 0.25) is 10.0 Å². The summed E-state index contributed by atoms with van der Waals surface area (Å²) in [5.74, 6) is -1.33. The normalized spacial score (nSPS) is 11.4. The first kappa shape index (κ1) is 19.8. The summed E-state index contributed by atoms with van der Waals surface area (Å²) >= 11 is 11.8. The van der Waals surface area contributed by atoms with E-state index in [1.54, 1.807) is 42.5 Å². The molecule has 1 amide bonds. The Labute approximate surface area is 161 Å². The second-order valence-corrected chi connectivity index (χ2v) is 6.62. The van der Waals surface area contributed by atoms with E-state index < -0.39 is 12.0 Å². The number of aliphatic carboxylic acids is 1. The molecule has 134 valence electrons. The highest BCUT2D eigenvalue weighted by Crippen LogP contribution is 2.22. The Morgan fingerprint density at radius 2 is 1.88 bits per heavy atom. The van der Waals surface area contributed by atoms with Crippen molar-refractivity contribution in [2.24, 2.45) is 0 Å². The average molecular weight is 391 g/mol. The average Bonchev–Trinajstić information content (AvgIpc) is 2.57. The number of hydrogen-bond acceptors (Lipinski definition) is 3. The number of nitriles is 1. The van der Waals surface area contributed by atoms with E-state index in [-0.39, 0.29) is 18.7 Å². The number of nitrogens with zero attached hydrogens (tertiary/aromatic N) is 1.